The van der Waals surface area contributed by atoms with Gasteiger partial charge in [0.15, 0.2) is 0 Å². The molecule has 1 rings (SSSR count). The molecule has 0 aliphatic rings. The van der Waals surface area contributed by atoms with E-state index in [1.807, 2.05) is 32.0 Å². The van der Waals surface area contributed by atoms with Crippen LogP contribution in [0.3, 0.4) is 0 Å². The van der Waals surface area contributed by atoms with E-state index in [4.69, 9.17) is 9.84 Å². The first-order valence-electron chi connectivity index (χ1n) is 6.47. The average Bonchev–Trinajstić information content (AvgIpc) is 2.40. The summed E-state index contributed by atoms with van der Waals surface area (Å²) in [6, 6.07) is 10.3. The highest BCUT2D eigenvalue weighted by Gasteiger charge is 2.22. The Labute approximate surface area is 115 Å². The second-order valence-electron chi connectivity index (χ2n) is 4.47. The van der Waals surface area contributed by atoms with Gasteiger partial charge < -0.3 is 14.9 Å². The molecule has 0 unspecified atom stereocenters. The van der Waals surface area contributed by atoms with Crippen molar-refractivity contribution in [3.63, 3.8) is 0 Å². The van der Waals surface area contributed by atoms with Crippen LogP contribution >= 0.6 is 0 Å². The molecule has 2 N–H and O–H groups in total. The van der Waals surface area contributed by atoms with Gasteiger partial charge in [-0.1, -0.05) is 49.7 Å². The molecule has 0 aliphatic heterocycles. The Kier molecular flexibility index (Phi) is 8.83. The van der Waals surface area contributed by atoms with Gasteiger partial charge in [-0.2, -0.15) is 0 Å². The summed E-state index contributed by atoms with van der Waals surface area (Å²) in [6.07, 6.45) is 1.15. The van der Waals surface area contributed by atoms with Crippen LogP contribution in [0.4, 0.5) is 0 Å². The van der Waals surface area contributed by atoms with Gasteiger partial charge in [0, 0.05) is 0 Å². The zero-order chi connectivity index (χ0) is 14.7. The number of hydrogen-bond acceptors (Lipinski definition) is 3. The maximum absolute atomic E-state index is 10.1. The molecule has 0 saturated carbocycles. The third-order valence-electron chi connectivity index (χ3n) is 2.85. The van der Waals surface area contributed by atoms with Crippen molar-refractivity contribution >= 4 is 5.97 Å². The number of carbonyl (C=O) groups is 1. The Balaban J connectivity index is 0.000000388. The highest BCUT2D eigenvalue weighted by atomic mass is 16.5. The van der Waals surface area contributed by atoms with Gasteiger partial charge in [-0.15, -0.1) is 0 Å². The fourth-order valence-corrected chi connectivity index (χ4v) is 1.32. The molecule has 0 atom stereocenters. The topological polar surface area (TPSA) is 66.8 Å². The van der Waals surface area contributed by atoms with Gasteiger partial charge in [0.2, 0.25) is 0 Å². The maximum atomic E-state index is 10.1. The van der Waals surface area contributed by atoms with E-state index in [0.29, 0.717) is 12.8 Å². The number of aryl methyl sites for hydroxylation is 1. The molecule has 4 nitrogen and oxygen atoms in total. The molecule has 0 aromatic heterocycles. The average molecular weight is 268 g/mol. The lowest BCUT2D eigenvalue weighted by atomic mass is 9.99. The van der Waals surface area contributed by atoms with Crippen LogP contribution in [0.25, 0.3) is 0 Å². The summed E-state index contributed by atoms with van der Waals surface area (Å²) in [5.74, 6) is -1.01. The van der Waals surface area contributed by atoms with Crippen LogP contribution < -0.4 is 0 Å². The lowest BCUT2D eigenvalue weighted by Gasteiger charge is -2.24. The monoisotopic (exact) mass is 268 g/mol. The van der Waals surface area contributed by atoms with E-state index in [1.54, 1.807) is 0 Å². The molecule has 0 saturated heterocycles. The first-order chi connectivity index (χ1) is 8.93. The summed E-state index contributed by atoms with van der Waals surface area (Å²) in [6.45, 7) is 5.51. The molecule has 4 heteroatoms. The van der Waals surface area contributed by atoms with Crippen LogP contribution in [-0.2, 0) is 9.53 Å². The van der Waals surface area contributed by atoms with Gasteiger partial charge in [0.1, 0.15) is 6.61 Å². The number of ether oxygens (including phenoxy) is 1. The van der Waals surface area contributed by atoms with E-state index in [0.717, 1.165) is 0 Å². The fraction of sp³-hybridized carbons (Fsp3) is 0.533. The smallest absolute Gasteiger partial charge is 0.329 e. The second kappa shape index (κ2) is 9.53. The second-order valence-corrected chi connectivity index (χ2v) is 4.47. The molecule has 0 spiro atoms. The molecule has 0 heterocycles. The quantitative estimate of drug-likeness (QED) is 0.832. The minimum absolute atomic E-state index is 0.0896. The predicted octanol–water partition coefficient (Wildman–Crippen LogP) is 2.63. The Hall–Kier alpha value is -1.39. The number of rotatable bonds is 6. The Morgan fingerprint density at radius 2 is 1.74 bits per heavy atom. The molecular weight excluding hydrogens is 244 g/mol. The lowest BCUT2D eigenvalue weighted by Crippen LogP contribution is -2.33. The SMILES string of the molecule is CCC(O)(CC)COCC(=O)O.Cc1ccccc1. The van der Waals surface area contributed by atoms with Crippen LogP contribution in [0, 0.1) is 6.92 Å². The van der Waals surface area contributed by atoms with Crippen LogP contribution in [0.5, 0.6) is 0 Å². The zero-order valence-corrected chi connectivity index (χ0v) is 11.9. The molecular formula is C15H24O4. The highest BCUT2D eigenvalue weighted by Crippen LogP contribution is 2.14. The molecule has 1 aromatic rings. The number of benzene rings is 1. The van der Waals surface area contributed by atoms with Gasteiger partial charge in [0.05, 0.1) is 12.2 Å². The van der Waals surface area contributed by atoms with Gasteiger partial charge in [-0.25, -0.2) is 4.79 Å². The van der Waals surface area contributed by atoms with E-state index in [9.17, 15) is 9.90 Å². The Bertz CT molecular complexity index is 344. The molecule has 0 aliphatic carbocycles. The minimum atomic E-state index is -1.01. The number of carboxylic acid groups (broad SMARTS) is 1. The molecule has 108 valence electrons. The van der Waals surface area contributed by atoms with Crippen molar-refractivity contribution in [2.45, 2.75) is 39.2 Å². The third kappa shape index (κ3) is 9.22. The maximum Gasteiger partial charge on any atom is 0.329 e. The molecule has 0 bridgehead atoms. The van der Waals surface area contributed by atoms with Gasteiger partial charge >= 0.3 is 5.97 Å². The van der Waals surface area contributed by atoms with E-state index in [1.165, 1.54) is 5.56 Å². The van der Waals surface area contributed by atoms with Crippen molar-refractivity contribution in [1.82, 2.24) is 0 Å². The Morgan fingerprint density at radius 1 is 1.21 bits per heavy atom. The molecule has 0 fully saturated rings. The van der Waals surface area contributed by atoms with E-state index in [-0.39, 0.29) is 13.2 Å². The third-order valence-corrected chi connectivity index (χ3v) is 2.85. The van der Waals surface area contributed by atoms with Crippen LogP contribution in [0.2, 0.25) is 0 Å². The number of aliphatic hydroxyl groups is 1. The lowest BCUT2D eigenvalue weighted by molar-refractivity contribution is -0.145. The predicted molar refractivity (Wildman–Crippen MR) is 75.2 cm³/mol. The van der Waals surface area contributed by atoms with Gasteiger partial charge in [0.25, 0.3) is 0 Å². The number of aliphatic carboxylic acids is 1. The van der Waals surface area contributed by atoms with Crippen LogP contribution in [-0.4, -0.2) is 35.0 Å². The zero-order valence-electron chi connectivity index (χ0n) is 11.9. The van der Waals surface area contributed by atoms with Crippen molar-refractivity contribution < 1.29 is 19.7 Å². The van der Waals surface area contributed by atoms with Crippen molar-refractivity contribution in [2.75, 3.05) is 13.2 Å². The normalized spacial score (nSPS) is 10.5. The molecule has 0 amide bonds. The molecule has 19 heavy (non-hydrogen) atoms. The van der Waals surface area contributed by atoms with Gasteiger partial charge in [-0.3, -0.25) is 0 Å². The van der Waals surface area contributed by atoms with Crippen LogP contribution in [0.15, 0.2) is 30.3 Å². The van der Waals surface area contributed by atoms with Crippen molar-refractivity contribution in [3.05, 3.63) is 35.9 Å². The summed E-state index contributed by atoms with van der Waals surface area (Å²) in [5, 5.41) is 17.9. The summed E-state index contributed by atoms with van der Waals surface area (Å²) >= 11 is 0. The van der Waals surface area contributed by atoms with Crippen molar-refractivity contribution in [2.24, 2.45) is 0 Å². The summed E-state index contributed by atoms with van der Waals surface area (Å²) in [4.78, 5) is 10.1. The van der Waals surface area contributed by atoms with Crippen LogP contribution in [0.1, 0.15) is 32.3 Å². The van der Waals surface area contributed by atoms with E-state index >= 15 is 0 Å². The number of carboxylic acids is 1. The minimum Gasteiger partial charge on any atom is -0.480 e. The standard InChI is InChI=1S/C8H16O4.C7H8/c1-3-8(11,4-2)6-12-5-7(9)10;1-7-5-3-2-4-6-7/h11H,3-6H2,1-2H3,(H,9,10);2-6H,1H3. The fourth-order valence-electron chi connectivity index (χ4n) is 1.32. The summed E-state index contributed by atoms with van der Waals surface area (Å²) in [7, 11) is 0. The number of hydrogen-bond donors (Lipinski definition) is 2. The highest BCUT2D eigenvalue weighted by molar-refractivity contribution is 5.67. The van der Waals surface area contributed by atoms with E-state index in [2.05, 4.69) is 19.1 Å². The first kappa shape index (κ1) is 17.6. The molecule has 1 aromatic carbocycles. The van der Waals surface area contributed by atoms with E-state index < -0.39 is 11.6 Å². The molecule has 0 radical (unpaired) electrons. The Morgan fingerprint density at radius 3 is 2.05 bits per heavy atom. The largest absolute Gasteiger partial charge is 0.480 e. The first-order valence-corrected chi connectivity index (χ1v) is 6.47. The summed E-state index contributed by atoms with van der Waals surface area (Å²) < 4.78 is 4.79. The van der Waals surface area contributed by atoms with Crippen molar-refractivity contribution in [3.8, 4) is 0 Å². The van der Waals surface area contributed by atoms with Crippen molar-refractivity contribution in [1.29, 1.82) is 0 Å². The summed E-state index contributed by atoms with van der Waals surface area (Å²) in [5.41, 5.74) is 0.456. The van der Waals surface area contributed by atoms with Gasteiger partial charge in [-0.05, 0) is 19.8 Å².